The van der Waals surface area contributed by atoms with Crippen molar-refractivity contribution in [2.75, 3.05) is 53.4 Å². The third kappa shape index (κ3) is 8.35. The van der Waals surface area contributed by atoms with E-state index in [-0.39, 0.29) is 12.5 Å². The summed E-state index contributed by atoms with van der Waals surface area (Å²) in [6.45, 7) is 6.88. The molecule has 2 rings (SSSR count). The van der Waals surface area contributed by atoms with Gasteiger partial charge in [0.1, 0.15) is 6.54 Å². The number of carbonyl (C=O) groups is 1. The molecule has 1 heterocycles. The van der Waals surface area contributed by atoms with Crippen LogP contribution >= 0.6 is 0 Å². The Morgan fingerprint density at radius 3 is 2.54 bits per heavy atom. The van der Waals surface area contributed by atoms with E-state index in [9.17, 15) is 4.79 Å². The molecule has 1 aliphatic heterocycles. The first-order valence-electron chi connectivity index (χ1n) is 11.2. The summed E-state index contributed by atoms with van der Waals surface area (Å²) in [4.78, 5) is 20.5. The molecule has 1 saturated heterocycles. The lowest BCUT2D eigenvalue weighted by Gasteiger charge is -2.24. The van der Waals surface area contributed by atoms with Gasteiger partial charge in [-0.05, 0) is 38.8 Å². The molecule has 0 aromatic carbocycles. The van der Waals surface area contributed by atoms with E-state index in [1.807, 2.05) is 0 Å². The first kappa shape index (κ1) is 22.9. The van der Waals surface area contributed by atoms with Gasteiger partial charge in [0.05, 0.1) is 12.7 Å². The molecule has 2 aliphatic rings. The molecule has 7 nitrogen and oxygen atoms in total. The van der Waals surface area contributed by atoms with Gasteiger partial charge in [-0.25, -0.2) is 4.99 Å². The van der Waals surface area contributed by atoms with Crippen LogP contribution in [0.4, 0.5) is 0 Å². The summed E-state index contributed by atoms with van der Waals surface area (Å²) in [5, 5.41) is 6.79. The fourth-order valence-electron chi connectivity index (χ4n) is 4.02. The van der Waals surface area contributed by atoms with Crippen molar-refractivity contribution in [3.8, 4) is 0 Å². The van der Waals surface area contributed by atoms with Crippen molar-refractivity contribution in [3.05, 3.63) is 0 Å². The highest BCUT2D eigenvalue weighted by Crippen LogP contribution is 2.19. The summed E-state index contributed by atoms with van der Waals surface area (Å²) >= 11 is 0. The van der Waals surface area contributed by atoms with Gasteiger partial charge < -0.3 is 20.3 Å². The van der Waals surface area contributed by atoms with Crippen LogP contribution in [0.25, 0.3) is 0 Å². The summed E-state index contributed by atoms with van der Waals surface area (Å²) in [6, 6.07) is 0.545. The number of hydrogen-bond acceptors (Lipinski definition) is 4. The molecule has 7 heteroatoms. The minimum absolute atomic E-state index is 0.00635. The van der Waals surface area contributed by atoms with Crippen molar-refractivity contribution in [1.82, 2.24) is 20.4 Å². The molecule has 0 spiro atoms. The second-order valence-electron chi connectivity index (χ2n) is 8.17. The lowest BCUT2D eigenvalue weighted by molar-refractivity contribution is -0.127. The van der Waals surface area contributed by atoms with Gasteiger partial charge in [0.15, 0.2) is 5.96 Å². The Morgan fingerprint density at radius 2 is 1.86 bits per heavy atom. The van der Waals surface area contributed by atoms with Crippen LogP contribution < -0.4 is 10.6 Å². The van der Waals surface area contributed by atoms with Gasteiger partial charge in [-0.3, -0.25) is 9.69 Å². The molecule has 1 amide bonds. The lowest BCUT2D eigenvalue weighted by atomic mass is 10.1. The second-order valence-corrected chi connectivity index (χ2v) is 8.17. The monoisotopic (exact) mass is 395 g/mol. The van der Waals surface area contributed by atoms with Crippen molar-refractivity contribution in [3.63, 3.8) is 0 Å². The number of aliphatic imine (C=N–C) groups is 1. The van der Waals surface area contributed by atoms with Gasteiger partial charge in [0.25, 0.3) is 0 Å². The van der Waals surface area contributed by atoms with E-state index in [4.69, 9.17) is 4.74 Å². The smallest absolute Gasteiger partial charge is 0.243 e. The Labute approximate surface area is 171 Å². The number of nitrogens with zero attached hydrogens (tertiary/aromatic N) is 3. The third-order valence-electron chi connectivity index (χ3n) is 5.83. The van der Waals surface area contributed by atoms with Gasteiger partial charge in [-0.15, -0.1) is 0 Å². The summed E-state index contributed by atoms with van der Waals surface area (Å²) in [5.74, 6) is 0.717. The maximum Gasteiger partial charge on any atom is 0.243 e. The number of hydrogen-bond donors (Lipinski definition) is 2. The first-order valence-corrected chi connectivity index (χ1v) is 11.2. The molecule has 0 radical (unpaired) electrons. The number of likely N-dealkylation sites (tertiary alicyclic amines) is 1. The zero-order chi connectivity index (χ0) is 20.2. The van der Waals surface area contributed by atoms with E-state index in [2.05, 4.69) is 27.4 Å². The predicted molar refractivity (Wildman–Crippen MR) is 115 cm³/mol. The molecule has 0 aromatic rings. The molecule has 0 bridgehead atoms. The van der Waals surface area contributed by atoms with Crippen LogP contribution in [-0.2, 0) is 9.53 Å². The molecule has 1 saturated carbocycles. The molecular weight excluding hydrogens is 354 g/mol. The molecule has 2 N–H and O–H groups in total. The molecule has 1 atom stereocenters. The quantitative estimate of drug-likeness (QED) is 0.270. The van der Waals surface area contributed by atoms with Gasteiger partial charge in [0.2, 0.25) is 5.91 Å². The number of guanidine groups is 1. The fraction of sp³-hybridized carbons (Fsp3) is 0.905. The van der Waals surface area contributed by atoms with Crippen molar-refractivity contribution < 1.29 is 9.53 Å². The van der Waals surface area contributed by atoms with Crippen LogP contribution in [0.1, 0.15) is 58.3 Å². The van der Waals surface area contributed by atoms with Crippen LogP contribution in [0, 0.1) is 0 Å². The summed E-state index contributed by atoms with van der Waals surface area (Å²) in [6.07, 6.45) is 10.5. The number of carbonyl (C=O) groups excluding carboxylic acids is 1. The molecule has 0 aromatic heterocycles. The van der Waals surface area contributed by atoms with Crippen molar-refractivity contribution in [2.24, 2.45) is 4.99 Å². The van der Waals surface area contributed by atoms with E-state index in [0.717, 1.165) is 13.1 Å². The zero-order valence-corrected chi connectivity index (χ0v) is 18.2. The summed E-state index contributed by atoms with van der Waals surface area (Å²) < 4.78 is 6.06. The Bertz CT molecular complexity index is 475. The maximum absolute atomic E-state index is 11.9. The average molecular weight is 396 g/mol. The maximum atomic E-state index is 11.9. The third-order valence-corrected chi connectivity index (χ3v) is 5.83. The Balaban J connectivity index is 1.77. The molecule has 1 aliphatic carbocycles. The number of amides is 1. The number of rotatable bonds is 9. The Morgan fingerprint density at radius 1 is 1.11 bits per heavy atom. The fourth-order valence-corrected chi connectivity index (χ4v) is 4.02. The van der Waals surface area contributed by atoms with Crippen LogP contribution in [-0.4, -0.2) is 87.2 Å². The highest BCUT2D eigenvalue weighted by molar-refractivity contribution is 5.84. The van der Waals surface area contributed by atoms with Crippen molar-refractivity contribution >= 4 is 11.9 Å². The lowest BCUT2D eigenvalue weighted by Crippen LogP contribution is -2.46. The largest absolute Gasteiger partial charge is 0.376 e. The van der Waals surface area contributed by atoms with E-state index in [1.54, 1.807) is 19.0 Å². The van der Waals surface area contributed by atoms with Gasteiger partial charge in [-0.2, -0.15) is 0 Å². The van der Waals surface area contributed by atoms with Gasteiger partial charge in [-0.1, -0.05) is 32.6 Å². The summed E-state index contributed by atoms with van der Waals surface area (Å²) in [7, 11) is 3.52. The molecule has 2 fully saturated rings. The minimum Gasteiger partial charge on any atom is -0.376 e. The predicted octanol–water partition coefficient (Wildman–Crippen LogP) is 1.83. The van der Waals surface area contributed by atoms with Gasteiger partial charge in [0, 0.05) is 33.2 Å². The SMILES string of the molecule is CCN1CCCC1CNC(=NCC(=O)N(C)C)NCCOC1CCCCCC1. The van der Waals surface area contributed by atoms with Crippen molar-refractivity contribution in [1.29, 1.82) is 0 Å². The highest BCUT2D eigenvalue weighted by atomic mass is 16.5. The van der Waals surface area contributed by atoms with Crippen LogP contribution in [0.3, 0.4) is 0 Å². The molecule has 28 heavy (non-hydrogen) atoms. The standard InChI is InChI=1S/C21H41N5O2/c1-4-26-14-9-10-18(26)16-23-21(24-17-20(27)25(2)3)22-13-15-28-19-11-7-5-6-8-12-19/h18-19H,4-17H2,1-3H3,(H2,22,23,24). The average Bonchev–Trinajstić information content (AvgIpc) is 2.99. The molecule has 162 valence electrons. The topological polar surface area (TPSA) is 69.2 Å². The van der Waals surface area contributed by atoms with E-state index >= 15 is 0 Å². The normalized spacial score (nSPS) is 22.1. The first-order chi connectivity index (χ1) is 13.6. The Hall–Kier alpha value is -1.34. The Kier molecular flexibility index (Phi) is 10.6. The number of nitrogens with one attached hydrogen (secondary N) is 2. The zero-order valence-electron chi connectivity index (χ0n) is 18.2. The van der Waals surface area contributed by atoms with Crippen LogP contribution in [0.15, 0.2) is 4.99 Å². The van der Waals surface area contributed by atoms with Crippen LogP contribution in [0.2, 0.25) is 0 Å². The number of likely N-dealkylation sites (N-methyl/N-ethyl adjacent to an activating group) is 2. The van der Waals surface area contributed by atoms with E-state index < -0.39 is 0 Å². The van der Waals surface area contributed by atoms with E-state index in [0.29, 0.717) is 31.3 Å². The van der Waals surface area contributed by atoms with Crippen molar-refractivity contribution in [2.45, 2.75) is 70.4 Å². The van der Waals surface area contributed by atoms with Gasteiger partial charge >= 0.3 is 0 Å². The number of ether oxygens (including phenoxy) is 1. The molecule has 1 unspecified atom stereocenters. The summed E-state index contributed by atoms with van der Waals surface area (Å²) in [5.41, 5.74) is 0. The second kappa shape index (κ2) is 13.0. The molecular formula is C21H41N5O2. The minimum atomic E-state index is 0.00635. The van der Waals surface area contributed by atoms with E-state index in [1.165, 1.54) is 57.9 Å². The highest BCUT2D eigenvalue weighted by Gasteiger charge is 2.22. The van der Waals surface area contributed by atoms with Crippen LogP contribution in [0.5, 0.6) is 0 Å².